The fourth-order valence-electron chi connectivity index (χ4n) is 1.83. The molecule has 2 nitrogen and oxygen atoms in total. The number of nitrogens with one attached hydrogen (secondary N) is 1. The van der Waals surface area contributed by atoms with Crippen LogP contribution < -0.4 is 5.32 Å². The molecule has 0 aromatic heterocycles. The molecule has 0 radical (unpaired) electrons. The maximum Gasteiger partial charge on any atom is 0.0163 e. The predicted octanol–water partition coefficient (Wildman–Crippen LogP) is 2.03. The summed E-state index contributed by atoms with van der Waals surface area (Å²) in [6.45, 7) is 8.20. The van der Waals surface area contributed by atoms with Crippen LogP contribution in [0.15, 0.2) is 12.2 Å². The van der Waals surface area contributed by atoms with E-state index < -0.39 is 0 Å². The van der Waals surface area contributed by atoms with Gasteiger partial charge < -0.3 is 5.32 Å². The third-order valence-electron chi connectivity index (χ3n) is 2.72. The summed E-state index contributed by atoms with van der Waals surface area (Å²) in [5, 5.41) is 3.36. The lowest BCUT2D eigenvalue weighted by molar-refractivity contribution is 0.291. The van der Waals surface area contributed by atoms with Crippen molar-refractivity contribution in [3.05, 3.63) is 12.2 Å². The van der Waals surface area contributed by atoms with Crippen LogP contribution in [0.25, 0.3) is 0 Å². The van der Waals surface area contributed by atoms with Crippen molar-refractivity contribution in [3.63, 3.8) is 0 Å². The van der Waals surface area contributed by atoms with E-state index in [2.05, 4.69) is 29.3 Å². The minimum absolute atomic E-state index is 1.11. The number of unbranched alkanes of at least 4 members (excludes halogenated alkanes) is 2. The average molecular weight is 196 g/mol. The van der Waals surface area contributed by atoms with Crippen LogP contribution >= 0.6 is 0 Å². The van der Waals surface area contributed by atoms with Gasteiger partial charge in [0.25, 0.3) is 0 Å². The van der Waals surface area contributed by atoms with Gasteiger partial charge in [-0.05, 0) is 38.9 Å². The maximum absolute atomic E-state index is 3.36. The normalized spacial score (nSPS) is 17.5. The lowest BCUT2D eigenvalue weighted by Gasteiger charge is -2.22. The van der Waals surface area contributed by atoms with Gasteiger partial charge in [-0.2, -0.15) is 0 Å². The van der Waals surface area contributed by atoms with Crippen molar-refractivity contribution in [1.29, 1.82) is 0 Å². The minimum atomic E-state index is 1.11. The summed E-state index contributed by atoms with van der Waals surface area (Å²) in [5.41, 5.74) is 0. The van der Waals surface area contributed by atoms with Crippen molar-refractivity contribution in [2.75, 3.05) is 32.7 Å². The molecular formula is C12H24N2. The highest BCUT2D eigenvalue weighted by Crippen LogP contribution is 2.03. The molecule has 0 spiro atoms. The highest BCUT2D eigenvalue weighted by atomic mass is 15.1. The van der Waals surface area contributed by atoms with E-state index in [0.29, 0.717) is 0 Å². The first-order valence-electron chi connectivity index (χ1n) is 6.01. The fourth-order valence-corrected chi connectivity index (χ4v) is 1.83. The molecule has 1 aliphatic heterocycles. The van der Waals surface area contributed by atoms with E-state index in [4.69, 9.17) is 0 Å². The first-order chi connectivity index (χ1) is 6.93. The Kier molecular flexibility index (Phi) is 6.71. The van der Waals surface area contributed by atoms with Crippen LogP contribution in [-0.4, -0.2) is 37.6 Å². The molecule has 14 heavy (non-hydrogen) atoms. The molecule has 0 aromatic carbocycles. The molecule has 1 N–H and O–H groups in total. The van der Waals surface area contributed by atoms with Crippen molar-refractivity contribution >= 4 is 0 Å². The summed E-state index contributed by atoms with van der Waals surface area (Å²) in [5.74, 6) is 0. The molecule has 0 unspecified atom stereocenters. The van der Waals surface area contributed by atoms with E-state index in [1.807, 2.05) is 0 Å². The molecule has 82 valence electrons. The fraction of sp³-hybridized carbons (Fsp3) is 0.833. The standard InChI is InChI=1S/C12H24N2/c1-2-13-9-5-3-6-10-14-11-7-4-8-12-14/h4,7,13H,2-3,5-6,8-12H2,1H3. The van der Waals surface area contributed by atoms with Crippen molar-refractivity contribution in [2.45, 2.75) is 32.6 Å². The van der Waals surface area contributed by atoms with Gasteiger partial charge in [0.15, 0.2) is 0 Å². The van der Waals surface area contributed by atoms with Gasteiger partial charge in [0, 0.05) is 13.1 Å². The van der Waals surface area contributed by atoms with Crippen molar-refractivity contribution in [3.8, 4) is 0 Å². The van der Waals surface area contributed by atoms with E-state index in [9.17, 15) is 0 Å². The number of hydrogen-bond acceptors (Lipinski definition) is 2. The van der Waals surface area contributed by atoms with Gasteiger partial charge in [-0.15, -0.1) is 0 Å². The molecule has 1 aliphatic rings. The van der Waals surface area contributed by atoms with E-state index >= 15 is 0 Å². The third-order valence-corrected chi connectivity index (χ3v) is 2.72. The highest BCUT2D eigenvalue weighted by molar-refractivity contribution is 4.90. The molecule has 1 rings (SSSR count). The Balaban J connectivity index is 1.86. The van der Waals surface area contributed by atoms with E-state index in [1.165, 1.54) is 51.9 Å². The van der Waals surface area contributed by atoms with Crippen LogP contribution in [0.2, 0.25) is 0 Å². The topological polar surface area (TPSA) is 15.3 Å². The molecular weight excluding hydrogens is 172 g/mol. The monoisotopic (exact) mass is 196 g/mol. The van der Waals surface area contributed by atoms with Gasteiger partial charge in [0.1, 0.15) is 0 Å². The lowest BCUT2D eigenvalue weighted by Crippen LogP contribution is -2.28. The summed E-state index contributed by atoms with van der Waals surface area (Å²) in [4.78, 5) is 2.55. The summed E-state index contributed by atoms with van der Waals surface area (Å²) in [7, 11) is 0. The molecule has 0 aliphatic carbocycles. The zero-order valence-electron chi connectivity index (χ0n) is 9.47. The van der Waals surface area contributed by atoms with Crippen molar-refractivity contribution < 1.29 is 0 Å². The quantitative estimate of drug-likeness (QED) is 0.495. The van der Waals surface area contributed by atoms with Crippen molar-refractivity contribution in [1.82, 2.24) is 10.2 Å². The third kappa shape index (κ3) is 5.40. The summed E-state index contributed by atoms with van der Waals surface area (Å²) >= 11 is 0. The molecule has 0 fully saturated rings. The van der Waals surface area contributed by atoms with Crippen LogP contribution in [0.3, 0.4) is 0 Å². The molecule has 0 saturated heterocycles. The minimum Gasteiger partial charge on any atom is -0.317 e. The van der Waals surface area contributed by atoms with Crippen LogP contribution in [0.4, 0.5) is 0 Å². The van der Waals surface area contributed by atoms with Gasteiger partial charge in [0.05, 0.1) is 0 Å². The van der Waals surface area contributed by atoms with Gasteiger partial charge >= 0.3 is 0 Å². The second kappa shape index (κ2) is 8.01. The van der Waals surface area contributed by atoms with Crippen LogP contribution in [-0.2, 0) is 0 Å². The highest BCUT2D eigenvalue weighted by Gasteiger charge is 2.04. The Hall–Kier alpha value is -0.340. The first kappa shape index (κ1) is 11.7. The van der Waals surface area contributed by atoms with Gasteiger partial charge in [-0.1, -0.05) is 25.5 Å². The van der Waals surface area contributed by atoms with Crippen molar-refractivity contribution in [2.24, 2.45) is 0 Å². The van der Waals surface area contributed by atoms with Gasteiger partial charge in [0.2, 0.25) is 0 Å². The maximum atomic E-state index is 3.36. The Morgan fingerprint density at radius 2 is 2.14 bits per heavy atom. The Morgan fingerprint density at radius 1 is 1.21 bits per heavy atom. The zero-order chi connectivity index (χ0) is 10.1. The molecule has 1 heterocycles. The van der Waals surface area contributed by atoms with Gasteiger partial charge in [-0.3, -0.25) is 4.90 Å². The smallest absolute Gasteiger partial charge is 0.0163 e. The van der Waals surface area contributed by atoms with E-state index in [1.54, 1.807) is 0 Å². The average Bonchev–Trinajstić information content (AvgIpc) is 2.25. The number of rotatable bonds is 7. The summed E-state index contributed by atoms with van der Waals surface area (Å²) in [6.07, 6.45) is 9.89. The Labute approximate surface area is 88.4 Å². The molecule has 0 amide bonds. The summed E-state index contributed by atoms with van der Waals surface area (Å²) in [6, 6.07) is 0. The van der Waals surface area contributed by atoms with Crippen LogP contribution in [0.5, 0.6) is 0 Å². The predicted molar refractivity (Wildman–Crippen MR) is 62.6 cm³/mol. The molecule has 0 aromatic rings. The summed E-state index contributed by atoms with van der Waals surface area (Å²) < 4.78 is 0. The van der Waals surface area contributed by atoms with E-state index in [0.717, 1.165) is 6.54 Å². The Morgan fingerprint density at radius 3 is 2.86 bits per heavy atom. The molecule has 0 atom stereocenters. The van der Waals surface area contributed by atoms with Gasteiger partial charge in [-0.25, -0.2) is 0 Å². The molecule has 0 bridgehead atoms. The second-order valence-electron chi connectivity index (χ2n) is 3.97. The molecule has 0 saturated carbocycles. The van der Waals surface area contributed by atoms with Crippen LogP contribution in [0, 0.1) is 0 Å². The van der Waals surface area contributed by atoms with Crippen LogP contribution in [0.1, 0.15) is 32.6 Å². The molecule has 2 heteroatoms. The zero-order valence-corrected chi connectivity index (χ0v) is 9.47. The Bertz CT molecular complexity index is 154. The largest absolute Gasteiger partial charge is 0.317 e. The SMILES string of the molecule is CCNCCCCCN1CC=CCC1. The number of nitrogens with zero attached hydrogens (tertiary/aromatic N) is 1. The number of hydrogen-bond donors (Lipinski definition) is 1. The lowest BCUT2D eigenvalue weighted by atomic mass is 10.2. The first-order valence-corrected chi connectivity index (χ1v) is 6.01. The second-order valence-corrected chi connectivity index (χ2v) is 3.97. The van der Waals surface area contributed by atoms with E-state index in [-0.39, 0.29) is 0 Å².